The third-order valence-corrected chi connectivity index (χ3v) is 18.9. The Balaban J connectivity index is 1.11. The molecule has 382 valence electrons. The van der Waals surface area contributed by atoms with Crippen molar-refractivity contribution in [2.24, 2.45) is 45.3 Å². The summed E-state index contributed by atoms with van der Waals surface area (Å²) >= 11 is 0. The molecule has 18 heteroatoms. The largest absolute Gasteiger partial charge is 0.394 e. The molecule has 0 amide bonds. The van der Waals surface area contributed by atoms with Crippen LogP contribution in [0.2, 0.25) is 0 Å². The van der Waals surface area contributed by atoms with Crippen molar-refractivity contribution < 1.29 is 89.7 Å². The molecule has 0 spiro atoms. The number of aliphatic hydroxyl groups is 12. The molecule has 25 unspecified atom stereocenters. The molecule has 0 aromatic rings. The fraction of sp³-hybridized carbons (Fsp3) is 0.958. The van der Waals surface area contributed by atoms with Gasteiger partial charge in [0.2, 0.25) is 0 Å². The highest BCUT2D eigenvalue weighted by atomic mass is 16.7. The zero-order valence-electron chi connectivity index (χ0n) is 40.0. The second-order valence-electron chi connectivity index (χ2n) is 22.9. The molecule has 66 heavy (non-hydrogen) atoms. The maximum atomic E-state index is 12.8. The molecule has 3 aliphatic heterocycles. The molecule has 18 nitrogen and oxygen atoms in total. The molecule has 12 N–H and O–H groups in total. The Morgan fingerprint density at radius 3 is 1.77 bits per heavy atom. The second-order valence-corrected chi connectivity index (χ2v) is 22.9. The van der Waals surface area contributed by atoms with E-state index in [1.807, 2.05) is 20.8 Å². The molecule has 0 aromatic heterocycles. The third-order valence-electron chi connectivity index (χ3n) is 18.9. The topological polar surface area (TPSA) is 298 Å². The lowest BCUT2D eigenvalue weighted by atomic mass is 9.37. The van der Waals surface area contributed by atoms with Crippen molar-refractivity contribution in [1.29, 1.82) is 0 Å². The molecule has 7 aliphatic rings. The van der Waals surface area contributed by atoms with E-state index < -0.39 is 134 Å². The average molecular weight is 947 g/mol. The van der Waals surface area contributed by atoms with Crippen molar-refractivity contribution in [3.8, 4) is 0 Å². The van der Waals surface area contributed by atoms with E-state index >= 15 is 0 Å². The molecule has 7 fully saturated rings. The third kappa shape index (κ3) is 8.79. The number of aliphatic hydroxyl groups excluding tert-OH is 12. The van der Waals surface area contributed by atoms with Crippen LogP contribution in [0.5, 0.6) is 0 Å². The zero-order valence-corrected chi connectivity index (χ0v) is 40.0. The Morgan fingerprint density at radius 2 is 1.18 bits per heavy atom. The van der Waals surface area contributed by atoms with Gasteiger partial charge in [-0.25, -0.2) is 0 Å². The van der Waals surface area contributed by atoms with Crippen LogP contribution < -0.4 is 0 Å². The first kappa shape index (κ1) is 52.8. The van der Waals surface area contributed by atoms with Gasteiger partial charge in [-0.1, -0.05) is 46.3 Å². The van der Waals surface area contributed by atoms with Crippen molar-refractivity contribution in [1.82, 2.24) is 0 Å². The van der Waals surface area contributed by atoms with E-state index in [2.05, 4.69) is 40.7 Å². The van der Waals surface area contributed by atoms with Crippen LogP contribution in [0.1, 0.15) is 113 Å². The minimum Gasteiger partial charge on any atom is -0.394 e. The summed E-state index contributed by atoms with van der Waals surface area (Å²) in [5.41, 5.74) is -1.52. The van der Waals surface area contributed by atoms with Gasteiger partial charge in [0.25, 0.3) is 0 Å². The first-order valence-corrected chi connectivity index (χ1v) is 24.4. The minimum atomic E-state index is -1.72. The van der Waals surface area contributed by atoms with Crippen LogP contribution in [0.15, 0.2) is 11.6 Å². The first-order chi connectivity index (χ1) is 30.8. The molecular formula is C48H82O18. The summed E-state index contributed by atoms with van der Waals surface area (Å²) in [7, 11) is 0. The van der Waals surface area contributed by atoms with Crippen LogP contribution in [-0.4, -0.2) is 191 Å². The van der Waals surface area contributed by atoms with E-state index in [1.165, 1.54) is 0 Å². The van der Waals surface area contributed by atoms with Gasteiger partial charge < -0.3 is 89.7 Å². The van der Waals surface area contributed by atoms with Gasteiger partial charge in [-0.05, 0) is 118 Å². The normalized spacial score (nSPS) is 52.4. The summed E-state index contributed by atoms with van der Waals surface area (Å²) in [5.74, 6) is 0.340. The van der Waals surface area contributed by atoms with Crippen molar-refractivity contribution >= 4 is 0 Å². The second kappa shape index (κ2) is 19.6. The van der Waals surface area contributed by atoms with Gasteiger partial charge >= 0.3 is 0 Å². The van der Waals surface area contributed by atoms with Gasteiger partial charge in [0.15, 0.2) is 18.9 Å². The summed E-state index contributed by atoms with van der Waals surface area (Å²) in [5, 5.41) is 129. The monoisotopic (exact) mass is 947 g/mol. The fourth-order valence-electron chi connectivity index (χ4n) is 14.8. The van der Waals surface area contributed by atoms with Crippen LogP contribution >= 0.6 is 0 Å². The number of allylic oxidation sites excluding steroid dienone is 2. The summed E-state index contributed by atoms with van der Waals surface area (Å²) in [6, 6.07) is 0. The molecule has 7 rings (SSSR count). The van der Waals surface area contributed by atoms with Crippen LogP contribution in [0.4, 0.5) is 0 Å². The van der Waals surface area contributed by atoms with Crippen LogP contribution in [0.25, 0.3) is 0 Å². The van der Waals surface area contributed by atoms with Crippen molar-refractivity contribution in [2.45, 2.75) is 223 Å². The van der Waals surface area contributed by atoms with E-state index in [-0.39, 0.29) is 40.6 Å². The molecule has 4 aliphatic carbocycles. The van der Waals surface area contributed by atoms with Gasteiger partial charge in [-0.15, -0.1) is 0 Å². The Bertz CT molecular complexity index is 1680. The van der Waals surface area contributed by atoms with Gasteiger partial charge in [-0.2, -0.15) is 0 Å². The van der Waals surface area contributed by atoms with E-state index in [4.69, 9.17) is 28.4 Å². The maximum absolute atomic E-state index is 12.8. The lowest BCUT2D eigenvalue weighted by Gasteiger charge is -2.69. The molecule has 0 aromatic carbocycles. The average Bonchev–Trinajstić information content (AvgIpc) is 3.56. The maximum Gasteiger partial charge on any atom is 0.187 e. The summed E-state index contributed by atoms with van der Waals surface area (Å²) in [6.45, 7) is 15.5. The Hall–Kier alpha value is -0.980. The van der Waals surface area contributed by atoms with Crippen LogP contribution in [0, 0.1) is 45.3 Å². The lowest BCUT2D eigenvalue weighted by molar-refractivity contribution is -0.352. The number of ether oxygens (including phenoxy) is 6. The number of rotatable bonds is 13. The summed E-state index contributed by atoms with van der Waals surface area (Å²) in [6.07, 6.45) is -14.9. The SMILES string of the molecule is CC(C)=CCCC(C)(OC1OC(COC2OC(CO)C(O)C(O)C2O)C(O)C(O)C1O)C1CCC2(C)C3CCC4C(C)(C)C(OC5OC(CO)C(O)C(O)C5O)CCC4(C)C3CC(O)C12C. The molecule has 0 radical (unpaired) electrons. The Labute approximate surface area is 388 Å². The zero-order chi connectivity index (χ0) is 48.6. The summed E-state index contributed by atoms with van der Waals surface area (Å²) in [4.78, 5) is 0. The van der Waals surface area contributed by atoms with Gasteiger partial charge in [0.05, 0.1) is 37.6 Å². The highest BCUT2D eigenvalue weighted by Crippen LogP contribution is 2.75. The van der Waals surface area contributed by atoms with Gasteiger partial charge in [0.1, 0.15) is 73.2 Å². The minimum absolute atomic E-state index is 0.165. The Morgan fingerprint density at radius 1 is 0.636 bits per heavy atom. The molecular weight excluding hydrogens is 865 g/mol. The van der Waals surface area contributed by atoms with Crippen LogP contribution in [0.3, 0.4) is 0 Å². The smallest absolute Gasteiger partial charge is 0.187 e. The van der Waals surface area contributed by atoms with E-state index in [0.29, 0.717) is 32.1 Å². The molecule has 0 bridgehead atoms. The number of fused-ring (bicyclic) bond motifs is 5. The standard InChI is InChI=1S/C48H82O18/c1-22(2)10-9-15-47(7,66-43-40(60)37(57)34(54)27(64-43)21-61-41-38(58)35(55)32(52)25(19-49)62-41)29-13-17-46(6)23-11-12-28-44(3,4)31(65-42-39(59)36(56)33(53)26(20-50)63-42)14-16-45(28,5)24(23)18-30(51)48(29,46)8/h10,23-43,49-60H,9,11-21H2,1-8H3. The molecule has 25 atom stereocenters. The number of hydrogen-bond acceptors (Lipinski definition) is 18. The molecule has 3 saturated heterocycles. The van der Waals surface area contributed by atoms with Gasteiger partial charge in [0, 0.05) is 5.41 Å². The van der Waals surface area contributed by atoms with E-state index in [1.54, 1.807) is 0 Å². The van der Waals surface area contributed by atoms with E-state index in [0.717, 1.165) is 31.3 Å². The predicted molar refractivity (Wildman–Crippen MR) is 234 cm³/mol. The molecule has 3 heterocycles. The fourth-order valence-corrected chi connectivity index (χ4v) is 14.8. The van der Waals surface area contributed by atoms with Crippen molar-refractivity contribution in [3.63, 3.8) is 0 Å². The highest BCUT2D eigenvalue weighted by molar-refractivity contribution is 5.21. The lowest BCUT2D eigenvalue weighted by Crippen LogP contribution is -2.67. The Kier molecular flexibility index (Phi) is 15.7. The number of hydrogen-bond donors (Lipinski definition) is 12. The van der Waals surface area contributed by atoms with Crippen LogP contribution in [-0.2, 0) is 28.4 Å². The van der Waals surface area contributed by atoms with Gasteiger partial charge in [-0.3, -0.25) is 0 Å². The van der Waals surface area contributed by atoms with E-state index in [9.17, 15) is 61.3 Å². The quantitative estimate of drug-likeness (QED) is 0.0853. The first-order valence-electron chi connectivity index (χ1n) is 24.4. The summed E-state index contributed by atoms with van der Waals surface area (Å²) < 4.78 is 36.6. The predicted octanol–water partition coefficient (Wildman–Crippen LogP) is -0.0268. The van der Waals surface area contributed by atoms with Crippen molar-refractivity contribution in [2.75, 3.05) is 19.8 Å². The molecule has 4 saturated carbocycles. The highest BCUT2D eigenvalue weighted by Gasteiger charge is 2.72. The van der Waals surface area contributed by atoms with Crippen molar-refractivity contribution in [3.05, 3.63) is 11.6 Å².